The number of ketones is 1. The van der Waals surface area contributed by atoms with Crippen molar-refractivity contribution in [2.75, 3.05) is 17.6 Å². The summed E-state index contributed by atoms with van der Waals surface area (Å²) in [5.41, 5.74) is 1.32. The second kappa shape index (κ2) is 7.84. The summed E-state index contributed by atoms with van der Waals surface area (Å²) in [6.07, 6.45) is 0. The Hall–Kier alpha value is -1.49. The fraction of sp³-hybridized carbons (Fsp3) is 0.429. The molecule has 0 aliphatic carbocycles. The highest BCUT2D eigenvalue weighted by Gasteiger charge is 2.03. The van der Waals surface area contributed by atoms with E-state index in [1.165, 1.54) is 6.92 Å². The van der Waals surface area contributed by atoms with Crippen molar-refractivity contribution >= 4 is 29.3 Å². The summed E-state index contributed by atoms with van der Waals surface area (Å²) >= 11 is 1.80. The molecule has 0 aliphatic heterocycles. The number of Topliss-reactive ketones (excluding diaryl/α,β-unsaturated/α-hetero) is 1. The first kappa shape index (κ1) is 15.6. The van der Waals surface area contributed by atoms with Crippen LogP contribution in [0.3, 0.4) is 0 Å². The van der Waals surface area contributed by atoms with Gasteiger partial charge in [-0.3, -0.25) is 4.79 Å². The second-order valence-corrected chi connectivity index (χ2v) is 6.12. The normalized spacial score (nSPS) is 10.3. The fourth-order valence-electron chi connectivity index (χ4n) is 1.42. The van der Waals surface area contributed by atoms with Gasteiger partial charge >= 0.3 is 6.03 Å². The first-order chi connectivity index (χ1) is 8.99. The SMILES string of the molecule is CC(=O)c1ccc(NC(=O)NCCSC(C)C)cc1. The Balaban J connectivity index is 2.34. The molecule has 104 valence electrons. The zero-order chi connectivity index (χ0) is 14.3. The summed E-state index contributed by atoms with van der Waals surface area (Å²) in [6, 6.07) is 6.62. The van der Waals surface area contributed by atoms with Crippen molar-refractivity contribution in [2.45, 2.75) is 26.0 Å². The number of thioether (sulfide) groups is 1. The predicted molar refractivity (Wildman–Crippen MR) is 81.1 cm³/mol. The molecule has 1 rings (SSSR count). The number of urea groups is 1. The Bertz CT molecular complexity index is 430. The van der Waals surface area contributed by atoms with E-state index in [0.29, 0.717) is 23.0 Å². The molecule has 5 heteroatoms. The van der Waals surface area contributed by atoms with Crippen LogP contribution >= 0.6 is 11.8 Å². The van der Waals surface area contributed by atoms with Gasteiger partial charge in [0.1, 0.15) is 0 Å². The van der Waals surface area contributed by atoms with Crippen LogP contribution < -0.4 is 10.6 Å². The van der Waals surface area contributed by atoms with Crippen molar-refractivity contribution in [2.24, 2.45) is 0 Å². The van der Waals surface area contributed by atoms with Crippen molar-refractivity contribution in [3.63, 3.8) is 0 Å². The highest BCUT2D eigenvalue weighted by molar-refractivity contribution is 7.99. The van der Waals surface area contributed by atoms with Gasteiger partial charge in [0.15, 0.2) is 5.78 Å². The van der Waals surface area contributed by atoms with Crippen LogP contribution in [0, 0.1) is 0 Å². The lowest BCUT2D eigenvalue weighted by molar-refractivity contribution is 0.101. The van der Waals surface area contributed by atoms with Crippen LogP contribution in [0.15, 0.2) is 24.3 Å². The molecule has 0 bridgehead atoms. The van der Waals surface area contributed by atoms with E-state index in [9.17, 15) is 9.59 Å². The molecule has 2 amide bonds. The number of benzene rings is 1. The van der Waals surface area contributed by atoms with Gasteiger partial charge in [0.2, 0.25) is 0 Å². The summed E-state index contributed by atoms with van der Waals surface area (Å²) in [5.74, 6) is 0.913. The van der Waals surface area contributed by atoms with E-state index in [4.69, 9.17) is 0 Å². The van der Waals surface area contributed by atoms with E-state index >= 15 is 0 Å². The Kier molecular flexibility index (Phi) is 6.42. The van der Waals surface area contributed by atoms with Crippen molar-refractivity contribution in [1.82, 2.24) is 5.32 Å². The van der Waals surface area contributed by atoms with Crippen LogP contribution in [-0.2, 0) is 0 Å². The summed E-state index contributed by atoms with van der Waals surface area (Å²) in [4.78, 5) is 22.7. The molecule has 0 aliphatic rings. The molecule has 2 N–H and O–H groups in total. The van der Waals surface area contributed by atoms with Gasteiger partial charge in [0.05, 0.1) is 0 Å². The third-order valence-corrected chi connectivity index (χ3v) is 3.49. The fourth-order valence-corrected chi connectivity index (χ4v) is 2.11. The first-order valence-electron chi connectivity index (χ1n) is 6.26. The number of rotatable bonds is 6. The molecule has 0 atom stereocenters. The Labute approximate surface area is 118 Å². The topological polar surface area (TPSA) is 58.2 Å². The Morgan fingerprint density at radius 2 is 1.84 bits per heavy atom. The zero-order valence-electron chi connectivity index (χ0n) is 11.5. The van der Waals surface area contributed by atoms with Gasteiger partial charge in [0, 0.05) is 23.5 Å². The lowest BCUT2D eigenvalue weighted by Crippen LogP contribution is -2.30. The number of carbonyl (C=O) groups excluding carboxylic acids is 2. The van der Waals surface area contributed by atoms with E-state index in [0.717, 1.165) is 5.75 Å². The van der Waals surface area contributed by atoms with Gasteiger partial charge in [-0.25, -0.2) is 4.79 Å². The molecule has 0 spiro atoms. The first-order valence-corrected chi connectivity index (χ1v) is 7.31. The minimum atomic E-state index is -0.222. The van der Waals surface area contributed by atoms with Crippen molar-refractivity contribution in [3.8, 4) is 0 Å². The molecular formula is C14H20N2O2S. The van der Waals surface area contributed by atoms with Crippen LogP contribution in [0.2, 0.25) is 0 Å². The Morgan fingerprint density at radius 3 is 2.37 bits per heavy atom. The van der Waals surface area contributed by atoms with Crippen molar-refractivity contribution in [3.05, 3.63) is 29.8 Å². The number of anilines is 1. The molecule has 1 aromatic carbocycles. The van der Waals surface area contributed by atoms with Crippen LogP contribution in [0.5, 0.6) is 0 Å². The zero-order valence-corrected chi connectivity index (χ0v) is 12.3. The maximum absolute atomic E-state index is 11.6. The number of amides is 2. The largest absolute Gasteiger partial charge is 0.337 e. The molecule has 0 fully saturated rings. The average molecular weight is 280 g/mol. The van der Waals surface area contributed by atoms with Gasteiger partial charge in [-0.05, 0) is 36.4 Å². The standard InChI is InChI=1S/C14H20N2O2S/c1-10(2)19-9-8-15-14(18)16-13-6-4-12(5-7-13)11(3)17/h4-7,10H,8-9H2,1-3H3,(H2,15,16,18). The maximum Gasteiger partial charge on any atom is 0.319 e. The summed E-state index contributed by atoms with van der Waals surface area (Å²) in [5, 5.41) is 6.08. The number of carbonyl (C=O) groups is 2. The molecule has 19 heavy (non-hydrogen) atoms. The van der Waals surface area contributed by atoms with Gasteiger partial charge < -0.3 is 10.6 Å². The smallest absolute Gasteiger partial charge is 0.319 e. The second-order valence-electron chi connectivity index (χ2n) is 4.43. The van der Waals surface area contributed by atoms with E-state index in [1.807, 2.05) is 0 Å². The molecule has 0 unspecified atom stereocenters. The molecule has 0 saturated heterocycles. The lowest BCUT2D eigenvalue weighted by atomic mass is 10.1. The number of nitrogens with one attached hydrogen (secondary N) is 2. The van der Waals surface area contributed by atoms with Crippen LogP contribution in [0.4, 0.5) is 10.5 Å². The molecule has 0 radical (unpaired) electrons. The molecule has 1 aromatic rings. The quantitative estimate of drug-likeness (QED) is 0.621. The molecule has 0 aromatic heterocycles. The number of hydrogen-bond acceptors (Lipinski definition) is 3. The van der Waals surface area contributed by atoms with E-state index in [-0.39, 0.29) is 11.8 Å². The third-order valence-electron chi connectivity index (χ3n) is 2.39. The highest BCUT2D eigenvalue weighted by Crippen LogP contribution is 2.10. The van der Waals surface area contributed by atoms with Crippen LogP contribution in [0.25, 0.3) is 0 Å². The average Bonchev–Trinajstić information content (AvgIpc) is 2.35. The van der Waals surface area contributed by atoms with E-state index in [2.05, 4.69) is 24.5 Å². The van der Waals surface area contributed by atoms with Crippen molar-refractivity contribution in [1.29, 1.82) is 0 Å². The predicted octanol–water partition coefficient (Wildman–Crippen LogP) is 3.15. The summed E-state index contributed by atoms with van der Waals surface area (Å²) in [7, 11) is 0. The van der Waals surface area contributed by atoms with E-state index < -0.39 is 0 Å². The lowest BCUT2D eigenvalue weighted by Gasteiger charge is -2.08. The molecule has 4 nitrogen and oxygen atoms in total. The monoisotopic (exact) mass is 280 g/mol. The minimum Gasteiger partial charge on any atom is -0.337 e. The van der Waals surface area contributed by atoms with E-state index in [1.54, 1.807) is 36.0 Å². The summed E-state index contributed by atoms with van der Waals surface area (Å²) in [6.45, 7) is 6.41. The summed E-state index contributed by atoms with van der Waals surface area (Å²) < 4.78 is 0. The van der Waals surface area contributed by atoms with Gasteiger partial charge in [0.25, 0.3) is 0 Å². The van der Waals surface area contributed by atoms with Gasteiger partial charge in [-0.2, -0.15) is 11.8 Å². The Morgan fingerprint density at radius 1 is 1.21 bits per heavy atom. The minimum absolute atomic E-state index is 0.0155. The molecular weight excluding hydrogens is 260 g/mol. The number of hydrogen-bond donors (Lipinski definition) is 2. The van der Waals surface area contributed by atoms with Gasteiger partial charge in [-0.1, -0.05) is 13.8 Å². The van der Waals surface area contributed by atoms with Crippen LogP contribution in [0.1, 0.15) is 31.1 Å². The third kappa shape index (κ3) is 6.29. The maximum atomic E-state index is 11.6. The molecule has 0 heterocycles. The van der Waals surface area contributed by atoms with Crippen molar-refractivity contribution < 1.29 is 9.59 Å². The highest BCUT2D eigenvalue weighted by atomic mass is 32.2. The van der Waals surface area contributed by atoms with Crippen LogP contribution in [-0.4, -0.2) is 29.4 Å². The van der Waals surface area contributed by atoms with Gasteiger partial charge in [-0.15, -0.1) is 0 Å². The molecule has 0 saturated carbocycles.